The van der Waals surface area contributed by atoms with Crippen LogP contribution in [0.25, 0.3) is 0 Å². The zero-order valence-electron chi connectivity index (χ0n) is 12.1. The van der Waals surface area contributed by atoms with Crippen LogP contribution in [0, 0.1) is 18.6 Å². The molecule has 1 aromatic carbocycles. The van der Waals surface area contributed by atoms with Gasteiger partial charge in [0.2, 0.25) is 0 Å². The lowest BCUT2D eigenvalue weighted by Gasteiger charge is -2.19. The molecule has 0 aliphatic rings. The van der Waals surface area contributed by atoms with Crippen molar-refractivity contribution in [3.63, 3.8) is 0 Å². The van der Waals surface area contributed by atoms with Crippen LogP contribution in [-0.4, -0.2) is 24.8 Å². The number of rotatable bonds is 4. The van der Waals surface area contributed by atoms with Crippen molar-refractivity contribution in [1.82, 2.24) is 5.32 Å². The van der Waals surface area contributed by atoms with Crippen LogP contribution in [0.4, 0.5) is 19.3 Å². The van der Waals surface area contributed by atoms with Crippen molar-refractivity contribution in [2.45, 2.75) is 33.3 Å². The summed E-state index contributed by atoms with van der Waals surface area (Å²) in [6.45, 7) is 7.27. The molecule has 0 aliphatic heterocycles. The summed E-state index contributed by atoms with van der Waals surface area (Å²) in [5.74, 6) is -1.00. The summed E-state index contributed by atoms with van der Waals surface area (Å²) in [7, 11) is 0. The highest BCUT2D eigenvalue weighted by Crippen LogP contribution is 2.18. The highest BCUT2D eigenvalue weighted by Gasteiger charge is 2.15. The molecule has 0 saturated carbocycles. The average Bonchev–Trinajstić information content (AvgIpc) is 2.28. The van der Waals surface area contributed by atoms with Crippen molar-refractivity contribution < 1.29 is 18.3 Å². The van der Waals surface area contributed by atoms with E-state index in [9.17, 15) is 13.6 Å². The second kappa shape index (κ2) is 6.54. The smallest absolute Gasteiger partial charge is 0.407 e. The van der Waals surface area contributed by atoms with Gasteiger partial charge in [0.1, 0.15) is 17.2 Å². The molecule has 0 atom stereocenters. The molecule has 20 heavy (non-hydrogen) atoms. The maximum atomic E-state index is 13.5. The molecule has 2 N–H and O–H groups in total. The molecule has 1 amide bonds. The number of hydrogen-bond donors (Lipinski definition) is 2. The Morgan fingerprint density at radius 2 is 1.85 bits per heavy atom. The predicted molar refractivity (Wildman–Crippen MR) is 73.8 cm³/mol. The third kappa shape index (κ3) is 5.42. The van der Waals surface area contributed by atoms with Crippen molar-refractivity contribution in [3.05, 3.63) is 29.3 Å². The van der Waals surface area contributed by atoms with E-state index in [0.717, 1.165) is 12.1 Å². The van der Waals surface area contributed by atoms with Gasteiger partial charge in [-0.25, -0.2) is 13.6 Å². The molecule has 0 saturated heterocycles. The number of anilines is 1. The van der Waals surface area contributed by atoms with Gasteiger partial charge in [-0.15, -0.1) is 0 Å². The van der Waals surface area contributed by atoms with Crippen LogP contribution >= 0.6 is 0 Å². The molecule has 1 rings (SSSR count). The lowest BCUT2D eigenvalue weighted by molar-refractivity contribution is 0.0530. The number of benzene rings is 1. The molecule has 112 valence electrons. The third-order valence-electron chi connectivity index (χ3n) is 2.36. The quantitative estimate of drug-likeness (QED) is 0.836. The number of hydrogen-bond acceptors (Lipinski definition) is 3. The summed E-state index contributed by atoms with van der Waals surface area (Å²) >= 11 is 0. The molecular weight excluding hydrogens is 266 g/mol. The van der Waals surface area contributed by atoms with Crippen LogP contribution in [0.3, 0.4) is 0 Å². The molecule has 0 aromatic heterocycles. The first-order valence-corrected chi connectivity index (χ1v) is 6.35. The lowest BCUT2D eigenvalue weighted by atomic mass is 10.2. The molecule has 0 spiro atoms. The molecule has 0 aliphatic carbocycles. The fourth-order valence-electron chi connectivity index (χ4n) is 1.46. The summed E-state index contributed by atoms with van der Waals surface area (Å²) in [5, 5.41) is 5.23. The van der Waals surface area contributed by atoms with Gasteiger partial charge in [-0.1, -0.05) is 0 Å². The van der Waals surface area contributed by atoms with Crippen LogP contribution in [0.1, 0.15) is 26.3 Å². The topological polar surface area (TPSA) is 50.4 Å². The van der Waals surface area contributed by atoms with E-state index in [-0.39, 0.29) is 24.3 Å². The Hall–Kier alpha value is -1.85. The summed E-state index contributed by atoms with van der Waals surface area (Å²) in [5.41, 5.74) is -0.247. The van der Waals surface area contributed by atoms with E-state index in [2.05, 4.69) is 10.6 Å². The Kier molecular flexibility index (Phi) is 5.30. The summed E-state index contributed by atoms with van der Waals surface area (Å²) in [6.07, 6.45) is -0.546. The normalized spacial score (nSPS) is 11.1. The van der Waals surface area contributed by atoms with Gasteiger partial charge in [0.05, 0.1) is 5.69 Å². The molecule has 1 aromatic rings. The van der Waals surface area contributed by atoms with Crippen molar-refractivity contribution in [2.75, 3.05) is 18.4 Å². The zero-order valence-corrected chi connectivity index (χ0v) is 12.1. The maximum Gasteiger partial charge on any atom is 0.407 e. The van der Waals surface area contributed by atoms with Crippen LogP contribution in [0.2, 0.25) is 0 Å². The summed E-state index contributed by atoms with van der Waals surface area (Å²) < 4.78 is 31.8. The van der Waals surface area contributed by atoms with Gasteiger partial charge in [0.15, 0.2) is 0 Å². The molecule has 0 bridgehead atoms. The summed E-state index contributed by atoms with van der Waals surface area (Å²) in [4.78, 5) is 11.3. The second-order valence-electron chi connectivity index (χ2n) is 5.44. The van der Waals surface area contributed by atoms with E-state index in [0.29, 0.717) is 0 Å². The molecule has 0 unspecified atom stereocenters. The minimum absolute atomic E-state index is 0.0686. The van der Waals surface area contributed by atoms with Gasteiger partial charge in [-0.3, -0.25) is 0 Å². The maximum absolute atomic E-state index is 13.5. The van der Waals surface area contributed by atoms with Crippen LogP contribution in [0.5, 0.6) is 0 Å². The first kappa shape index (κ1) is 16.2. The monoisotopic (exact) mass is 286 g/mol. The third-order valence-corrected chi connectivity index (χ3v) is 2.36. The molecule has 6 heteroatoms. The number of nitrogens with one attached hydrogen (secondary N) is 2. The van der Waals surface area contributed by atoms with E-state index in [4.69, 9.17) is 4.74 Å². The van der Waals surface area contributed by atoms with Gasteiger partial charge >= 0.3 is 6.09 Å². The zero-order chi connectivity index (χ0) is 15.3. The van der Waals surface area contributed by atoms with E-state index < -0.39 is 23.3 Å². The number of aryl methyl sites for hydroxylation is 1. The molecule has 0 fully saturated rings. The molecule has 0 heterocycles. The average molecular weight is 286 g/mol. The van der Waals surface area contributed by atoms with Gasteiger partial charge < -0.3 is 15.4 Å². The Bertz CT molecular complexity index is 485. The van der Waals surface area contributed by atoms with E-state index in [1.54, 1.807) is 20.8 Å². The van der Waals surface area contributed by atoms with Crippen molar-refractivity contribution >= 4 is 11.8 Å². The fourth-order valence-corrected chi connectivity index (χ4v) is 1.46. The number of alkyl carbamates (subject to hydrolysis) is 1. The van der Waals surface area contributed by atoms with Crippen molar-refractivity contribution in [2.24, 2.45) is 0 Å². The van der Waals surface area contributed by atoms with Crippen LogP contribution in [0.15, 0.2) is 12.1 Å². The lowest BCUT2D eigenvalue weighted by Crippen LogP contribution is -2.35. The molecule has 0 radical (unpaired) electrons. The van der Waals surface area contributed by atoms with Gasteiger partial charge in [0.25, 0.3) is 0 Å². The number of carbonyl (C=O) groups excluding carboxylic acids is 1. The van der Waals surface area contributed by atoms with E-state index >= 15 is 0 Å². The number of ether oxygens (including phenoxy) is 1. The minimum atomic E-state index is -0.566. The number of halogens is 2. The Balaban J connectivity index is 2.38. The Morgan fingerprint density at radius 1 is 1.20 bits per heavy atom. The second-order valence-corrected chi connectivity index (χ2v) is 5.44. The SMILES string of the molecule is Cc1cc(F)c(NCCNC(=O)OC(C)(C)C)cc1F. The fraction of sp³-hybridized carbons (Fsp3) is 0.500. The number of carbonyl (C=O) groups is 1. The first-order valence-electron chi connectivity index (χ1n) is 6.35. The van der Waals surface area contributed by atoms with Gasteiger partial charge in [0, 0.05) is 19.2 Å². The highest BCUT2D eigenvalue weighted by atomic mass is 19.1. The van der Waals surface area contributed by atoms with E-state index in [1.807, 2.05) is 0 Å². The number of amides is 1. The van der Waals surface area contributed by atoms with Crippen molar-refractivity contribution in [3.8, 4) is 0 Å². The van der Waals surface area contributed by atoms with Crippen LogP contribution < -0.4 is 10.6 Å². The minimum Gasteiger partial charge on any atom is -0.444 e. The standard InChI is InChI=1S/C14H20F2N2O2/c1-9-7-11(16)12(8-10(9)15)17-5-6-18-13(19)20-14(2,3)4/h7-8,17H,5-6H2,1-4H3,(H,18,19). The Morgan fingerprint density at radius 3 is 2.45 bits per heavy atom. The van der Waals surface area contributed by atoms with Crippen molar-refractivity contribution in [1.29, 1.82) is 0 Å². The molecular formula is C14H20F2N2O2. The highest BCUT2D eigenvalue weighted by molar-refractivity contribution is 5.67. The molecule has 4 nitrogen and oxygen atoms in total. The first-order chi connectivity index (χ1) is 9.19. The van der Waals surface area contributed by atoms with Crippen LogP contribution in [-0.2, 0) is 4.74 Å². The van der Waals surface area contributed by atoms with E-state index in [1.165, 1.54) is 6.92 Å². The Labute approximate surface area is 117 Å². The predicted octanol–water partition coefficient (Wildman–Crippen LogP) is 3.21. The van der Waals surface area contributed by atoms with Gasteiger partial charge in [-0.05, 0) is 39.3 Å². The largest absolute Gasteiger partial charge is 0.444 e. The summed E-state index contributed by atoms with van der Waals surface area (Å²) in [6, 6.07) is 2.22. The van der Waals surface area contributed by atoms with Gasteiger partial charge in [-0.2, -0.15) is 0 Å².